The van der Waals surface area contributed by atoms with E-state index in [1.54, 1.807) is 14.2 Å². The first-order chi connectivity index (χ1) is 15.6. The molecule has 2 aromatic carbocycles. The van der Waals surface area contributed by atoms with Crippen LogP contribution in [0.2, 0.25) is 0 Å². The Morgan fingerprint density at radius 3 is 2.47 bits per heavy atom. The Bertz CT molecular complexity index is 860. The summed E-state index contributed by atoms with van der Waals surface area (Å²) in [4.78, 5) is 2.54. The third-order valence-electron chi connectivity index (χ3n) is 7.45. The highest BCUT2D eigenvalue weighted by atomic mass is 16.5. The van der Waals surface area contributed by atoms with Gasteiger partial charge < -0.3 is 14.2 Å². The van der Waals surface area contributed by atoms with Crippen LogP contribution >= 0.6 is 0 Å². The van der Waals surface area contributed by atoms with E-state index >= 15 is 0 Å². The Kier molecular flexibility index (Phi) is 7.75. The Morgan fingerprint density at radius 2 is 1.75 bits per heavy atom. The van der Waals surface area contributed by atoms with Crippen molar-refractivity contribution in [2.45, 2.75) is 64.0 Å². The number of fused-ring (bicyclic) bond motifs is 1. The zero-order valence-corrected chi connectivity index (χ0v) is 20.1. The van der Waals surface area contributed by atoms with E-state index < -0.39 is 0 Å². The van der Waals surface area contributed by atoms with E-state index in [0.29, 0.717) is 24.7 Å². The Morgan fingerprint density at radius 1 is 0.969 bits per heavy atom. The fourth-order valence-corrected chi connectivity index (χ4v) is 5.79. The van der Waals surface area contributed by atoms with E-state index in [1.807, 2.05) is 0 Å². The second kappa shape index (κ2) is 10.7. The van der Waals surface area contributed by atoms with Gasteiger partial charge >= 0.3 is 0 Å². The Balaban J connectivity index is 1.64. The predicted molar refractivity (Wildman–Crippen MR) is 129 cm³/mol. The summed E-state index contributed by atoms with van der Waals surface area (Å²) in [6, 6.07) is 15.8. The molecule has 2 aromatic rings. The molecule has 0 N–H and O–H groups in total. The summed E-state index contributed by atoms with van der Waals surface area (Å²) in [5, 5.41) is 0. The smallest absolute Gasteiger partial charge is 0.161 e. The molecule has 1 fully saturated rings. The van der Waals surface area contributed by atoms with Crippen LogP contribution in [0.1, 0.15) is 67.7 Å². The van der Waals surface area contributed by atoms with Crippen LogP contribution in [0.5, 0.6) is 11.5 Å². The molecular formula is C28H39NO3. The molecule has 1 atom stereocenters. The molecule has 4 rings (SSSR count). The monoisotopic (exact) mass is 437 g/mol. The molecule has 0 bridgehead atoms. The molecule has 174 valence electrons. The molecule has 32 heavy (non-hydrogen) atoms. The van der Waals surface area contributed by atoms with Crippen LogP contribution in [0.4, 0.5) is 0 Å². The lowest BCUT2D eigenvalue weighted by molar-refractivity contribution is 0.0870. The highest BCUT2D eigenvalue weighted by Crippen LogP contribution is 2.53. The van der Waals surface area contributed by atoms with Gasteiger partial charge in [-0.05, 0) is 67.0 Å². The molecular weight excluding hydrogens is 398 g/mol. The summed E-state index contributed by atoms with van der Waals surface area (Å²) in [6.07, 6.45) is 10.1. The minimum Gasteiger partial charge on any atom is -0.493 e. The van der Waals surface area contributed by atoms with Crippen LogP contribution < -0.4 is 9.47 Å². The normalized spacial score (nSPS) is 19.7. The molecule has 0 aliphatic heterocycles. The fraction of sp³-hybridized carbons (Fsp3) is 0.571. The number of rotatable bonds is 9. The van der Waals surface area contributed by atoms with Crippen molar-refractivity contribution in [3.8, 4) is 11.5 Å². The first kappa shape index (κ1) is 23.1. The molecule has 4 heteroatoms. The summed E-state index contributed by atoms with van der Waals surface area (Å²) in [7, 11) is 5.76. The van der Waals surface area contributed by atoms with Crippen LogP contribution in [0, 0.1) is 5.41 Å². The standard InChI is InChI=1S/C28H39NO3/c1-29(21-22-11-6-4-7-12-22)25-20-28(13-8-5-9-14-28)19-23-17-27(32-16-10-15-30-2)26(31-3)18-24(23)25/h4,6-7,11-12,17-18,25H,5,8-10,13-16,19-21H2,1-3H3. The van der Waals surface area contributed by atoms with Crippen molar-refractivity contribution in [2.75, 3.05) is 34.5 Å². The molecule has 4 nitrogen and oxygen atoms in total. The van der Waals surface area contributed by atoms with Gasteiger partial charge in [-0.15, -0.1) is 0 Å². The van der Waals surface area contributed by atoms with Gasteiger partial charge in [0.2, 0.25) is 0 Å². The van der Waals surface area contributed by atoms with Crippen LogP contribution in [0.3, 0.4) is 0 Å². The average Bonchev–Trinajstić information content (AvgIpc) is 2.82. The van der Waals surface area contributed by atoms with Crippen LogP contribution in [0.15, 0.2) is 42.5 Å². The van der Waals surface area contributed by atoms with E-state index in [9.17, 15) is 0 Å². The highest BCUT2D eigenvalue weighted by Gasteiger charge is 2.41. The quantitative estimate of drug-likeness (QED) is 0.438. The SMILES string of the molecule is COCCCOc1cc2c(cc1OC)C(N(C)Cc1ccccc1)CC1(CCCCC1)C2. The first-order valence-electron chi connectivity index (χ1n) is 12.2. The topological polar surface area (TPSA) is 30.9 Å². The average molecular weight is 438 g/mol. The predicted octanol–water partition coefficient (Wildman–Crippen LogP) is 6.18. The number of ether oxygens (including phenoxy) is 3. The van der Waals surface area contributed by atoms with Gasteiger partial charge in [-0.25, -0.2) is 0 Å². The summed E-state index contributed by atoms with van der Waals surface area (Å²) >= 11 is 0. The van der Waals surface area contributed by atoms with Gasteiger partial charge in [0.1, 0.15) is 0 Å². The van der Waals surface area contributed by atoms with Crippen LogP contribution in [0.25, 0.3) is 0 Å². The van der Waals surface area contributed by atoms with Gasteiger partial charge in [0.15, 0.2) is 11.5 Å². The number of hydrogen-bond donors (Lipinski definition) is 0. The second-order valence-electron chi connectivity index (χ2n) is 9.75. The van der Waals surface area contributed by atoms with Crippen molar-refractivity contribution in [1.29, 1.82) is 0 Å². The maximum Gasteiger partial charge on any atom is 0.161 e. The van der Waals surface area contributed by atoms with Crippen LogP contribution in [-0.4, -0.2) is 39.4 Å². The van der Waals surface area contributed by atoms with E-state index in [-0.39, 0.29) is 0 Å². The molecule has 0 amide bonds. The maximum atomic E-state index is 6.14. The lowest BCUT2D eigenvalue weighted by atomic mass is 9.62. The van der Waals surface area contributed by atoms with Gasteiger partial charge in [-0.3, -0.25) is 4.90 Å². The second-order valence-corrected chi connectivity index (χ2v) is 9.75. The molecule has 0 heterocycles. The first-order valence-corrected chi connectivity index (χ1v) is 12.2. The maximum absolute atomic E-state index is 6.14. The fourth-order valence-electron chi connectivity index (χ4n) is 5.79. The van der Waals surface area contributed by atoms with Crippen LogP contribution in [-0.2, 0) is 17.7 Å². The van der Waals surface area contributed by atoms with Gasteiger partial charge in [0.25, 0.3) is 0 Å². The zero-order chi connectivity index (χ0) is 22.4. The van der Waals surface area contributed by atoms with Gasteiger partial charge in [0.05, 0.1) is 13.7 Å². The van der Waals surface area contributed by atoms with Gasteiger partial charge in [-0.2, -0.15) is 0 Å². The molecule has 1 unspecified atom stereocenters. The van der Waals surface area contributed by atoms with E-state index in [0.717, 1.165) is 30.9 Å². The summed E-state index contributed by atoms with van der Waals surface area (Å²) in [5.74, 6) is 1.72. The Labute approximate surface area is 193 Å². The van der Waals surface area contributed by atoms with Crippen molar-refractivity contribution in [3.05, 3.63) is 59.2 Å². The summed E-state index contributed by atoms with van der Waals surface area (Å²) in [6.45, 7) is 2.31. The van der Waals surface area contributed by atoms with Crippen molar-refractivity contribution >= 4 is 0 Å². The van der Waals surface area contributed by atoms with Crippen molar-refractivity contribution in [3.63, 3.8) is 0 Å². The Hall–Kier alpha value is -2.04. The molecule has 2 aliphatic rings. The van der Waals surface area contributed by atoms with E-state index in [2.05, 4.69) is 54.4 Å². The lowest BCUT2D eigenvalue weighted by Crippen LogP contribution is -2.38. The van der Waals surface area contributed by atoms with Gasteiger partial charge in [0, 0.05) is 32.7 Å². The van der Waals surface area contributed by atoms with E-state index in [4.69, 9.17) is 14.2 Å². The number of nitrogens with zero attached hydrogens (tertiary/aromatic N) is 1. The summed E-state index contributed by atoms with van der Waals surface area (Å²) in [5.41, 5.74) is 4.65. The van der Waals surface area contributed by atoms with Gasteiger partial charge in [-0.1, -0.05) is 49.6 Å². The molecule has 2 aliphatic carbocycles. The minimum absolute atomic E-state index is 0.397. The largest absolute Gasteiger partial charge is 0.493 e. The molecule has 1 saturated carbocycles. The highest BCUT2D eigenvalue weighted by molar-refractivity contribution is 5.50. The minimum atomic E-state index is 0.397. The third-order valence-corrected chi connectivity index (χ3v) is 7.45. The van der Waals surface area contributed by atoms with E-state index in [1.165, 1.54) is 55.2 Å². The lowest BCUT2D eigenvalue weighted by Gasteiger charge is -2.47. The number of hydrogen-bond acceptors (Lipinski definition) is 4. The number of benzene rings is 2. The zero-order valence-electron chi connectivity index (χ0n) is 20.1. The molecule has 0 radical (unpaired) electrons. The summed E-state index contributed by atoms with van der Waals surface area (Å²) < 4.78 is 17.1. The third kappa shape index (κ3) is 5.29. The molecule has 1 spiro atoms. The van der Waals surface area contributed by atoms with Crippen molar-refractivity contribution < 1.29 is 14.2 Å². The molecule has 0 aromatic heterocycles. The molecule has 0 saturated heterocycles. The van der Waals surface area contributed by atoms with Crippen molar-refractivity contribution in [1.82, 2.24) is 4.90 Å². The van der Waals surface area contributed by atoms with Crippen molar-refractivity contribution in [2.24, 2.45) is 5.41 Å². The number of methoxy groups -OCH3 is 2.